The lowest BCUT2D eigenvalue weighted by Crippen LogP contribution is -2.17. The van der Waals surface area contributed by atoms with Crippen molar-refractivity contribution < 1.29 is 4.84 Å². The summed E-state index contributed by atoms with van der Waals surface area (Å²) in [4.78, 5) is 9.72. The summed E-state index contributed by atoms with van der Waals surface area (Å²) in [5, 5.41) is 1.85. The predicted octanol–water partition coefficient (Wildman–Crippen LogP) is 1.53. The SMILES string of the molecule is Cc1cccc(N2CCCO2)n1. The molecule has 0 spiro atoms. The third-order valence-electron chi connectivity index (χ3n) is 1.88. The molecule has 0 aliphatic carbocycles. The molecule has 0 bridgehead atoms. The molecular formula is C9H12N2O. The van der Waals surface area contributed by atoms with Crippen molar-refractivity contribution in [3.05, 3.63) is 23.9 Å². The Balaban J connectivity index is 2.21. The molecular weight excluding hydrogens is 152 g/mol. The van der Waals surface area contributed by atoms with Crippen LogP contribution in [0.25, 0.3) is 0 Å². The molecule has 3 heteroatoms. The number of hydrogen-bond acceptors (Lipinski definition) is 3. The van der Waals surface area contributed by atoms with Crippen LogP contribution in [0, 0.1) is 6.92 Å². The molecule has 0 amide bonds. The molecule has 0 saturated carbocycles. The fourth-order valence-electron chi connectivity index (χ4n) is 1.30. The van der Waals surface area contributed by atoms with Crippen LogP contribution in [0.5, 0.6) is 0 Å². The van der Waals surface area contributed by atoms with Gasteiger partial charge in [0.15, 0.2) is 5.82 Å². The van der Waals surface area contributed by atoms with Gasteiger partial charge in [-0.05, 0) is 25.5 Å². The highest BCUT2D eigenvalue weighted by Gasteiger charge is 2.13. The average Bonchev–Trinajstić information content (AvgIpc) is 2.56. The van der Waals surface area contributed by atoms with Gasteiger partial charge in [0.05, 0.1) is 6.61 Å². The topological polar surface area (TPSA) is 25.4 Å². The Labute approximate surface area is 71.9 Å². The van der Waals surface area contributed by atoms with Crippen molar-refractivity contribution in [3.63, 3.8) is 0 Å². The standard InChI is InChI=1S/C9H12N2O/c1-8-4-2-5-9(10-8)11-6-3-7-12-11/h2,4-5H,3,6-7H2,1H3. The number of rotatable bonds is 1. The zero-order valence-electron chi connectivity index (χ0n) is 7.16. The minimum Gasteiger partial charge on any atom is -0.272 e. The molecule has 1 aromatic heterocycles. The first-order valence-electron chi connectivity index (χ1n) is 4.20. The van der Waals surface area contributed by atoms with Crippen molar-refractivity contribution in [2.45, 2.75) is 13.3 Å². The highest BCUT2D eigenvalue weighted by atomic mass is 16.7. The summed E-state index contributed by atoms with van der Waals surface area (Å²) < 4.78 is 0. The van der Waals surface area contributed by atoms with Crippen molar-refractivity contribution in [1.82, 2.24) is 4.98 Å². The lowest BCUT2D eigenvalue weighted by molar-refractivity contribution is 0.166. The van der Waals surface area contributed by atoms with Gasteiger partial charge in [-0.15, -0.1) is 0 Å². The van der Waals surface area contributed by atoms with Crippen LogP contribution < -0.4 is 5.06 Å². The van der Waals surface area contributed by atoms with E-state index >= 15 is 0 Å². The molecule has 0 aromatic carbocycles. The van der Waals surface area contributed by atoms with Crippen LogP contribution in [-0.2, 0) is 4.84 Å². The van der Waals surface area contributed by atoms with E-state index in [-0.39, 0.29) is 0 Å². The molecule has 2 rings (SSSR count). The van der Waals surface area contributed by atoms with Crippen molar-refractivity contribution in [2.75, 3.05) is 18.2 Å². The quantitative estimate of drug-likeness (QED) is 0.629. The van der Waals surface area contributed by atoms with Gasteiger partial charge in [0, 0.05) is 12.2 Å². The molecule has 1 aromatic rings. The van der Waals surface area contributed by atoms with Gasteiger partial charge in [0.1, 0.15) is 0 Å². The van der Waals surface area contributed by atoms with Gasteiger partial charge in [0.2, 0.25) is 0 Å². The number of pyridine rings is 1. The summed E-state index contributed by atoms with van der Waals surface area (Å²) in [6.45, 7) is 3.76. The maximum Gasteiger partial charge on any atom is 0.152 e. The molecule has 0 atom stereocenters. The second kappa shape index (κ2) is 3.11. The van der Waals surface area contributed by atoms with Crippen LogP contribution in [0.2, 0.25) is 0 Å². The Morgan fingerprint density at radius 1 is 1.50 bits per heavy atom. The molecule has 12 heavy (non-hydrogen) atoms. The maximum atomic E-state index is 5.36. The van der Waals surface area contributed by atoms with Crippen LogP contribution in [0.4, 0.5) is 5.82 Å². The van der Waals surface area contributed by atoms with Gasteiger partial charge in [-0.25, -0.2) is 10.0 Å². The number of hydrogen-bond donors (Lipinski definition) is 0. The molecule has 0 unspecified atom stereocenters. The zero-order valence-corrected chi connectivity index (χ0v) is 7.16. The highest BCUT2D eigenvalue weighted by molar-refractivity contribution is 5.36. The normalized spacial score (nSPS) is 16.9. The van der Waals surface area contributed by atoms with E-state index in [0.717, 1.165) is 31.1 Å². The lowest BCUT2D eigenvalue weighted by Gasteiger charge is -2.14. The predicted molar refractivity (Wildman–Crippen MR) is 46.9 cm³/mol. The third-order valence-corrected chi connectivity index (χ3v) is 1.88. The first kappa shape index (κ1) is 7.55. The summed E-state index contributed by atoms with van der Waals surface area (Å²) in [6, 6.07) is 5.96. The fourth-order valence-corrected chi connectivity index (χ4v) is 1.30. The second-order valence-electron chi connectivity index (χ2n) is 2.93. The summed E-state index contributed by atoms with van der Waals surface area (Å²) in [5.41, 5.74) is 1.03. The Bertz CT molecular complexity index is 269. The average molecular weight is 164 g/mol. The highest BCUT2D eigenvalue weighted by Crippen LogP contribution is 2.15. The minimum absolute atomic E-state index is 0.815. The van der Waals surface area contributed by atoms with Gasteiger partial charge >= 0.3 is 0 Å². The van der Waals surface area contributed by atoms with Crippen LogP contribution in [0.1, 0.15) is 12.1 Å². The Hall–Kier alpha value is -1.09. The number of aryl methyl sites for hydroxylation is 1. The van der Waals surface area contributed by atoms with E-state index in [0.29, 0.717) is 0 Å². The van der Waals surface area contributed by atoms with Crippen LogP contribution >= 0.6 is 0 Å². The Morgan fingerprint density at radius 3 is 3.08 bits per heavy atom. The van der Waals surface area contributed by atoms with E-state index in [1.807, 2.05) is 30.2 Å². The van der Waals surface area contributed by atoms with E-state index in [1.165, 1.54) is 0 Å². The first-order valence-corrected chi connectivity index (χ1v) is 4.20. The second-order valence-corrected chi connectivity index (χ2v) is 2.93. The van der Waals surface area contributed by atoms with E-state index in [4.69, 9.17) is 4.84 Å². The Morgan fingerprint density at radius 2 is 2.42 bits per heavy atom. The Kier molecular flexibility index (Phi) is 1.96. The molecule has 0 N–H and O–H groups in total. The van der Waals surface area contributed by atoms with Gasteiger partial charge in [0.25, 0.3) is 0 Å². The number of hydroxylamine groups is 1. The molecule has 0 radical (unpaired) electrons. The zero-order chi connectivity index (χ0) is 8.39. The molecule has 2 heterocycles. The van der Waals surface area contributed by atoms with Gasteiger partial charge in [-0.1, -0.05) is 6.07 Å². The summed E-state index contributed by atoms with van der Waals surface area (Å²) >= 11 is 0. The van der Waals surface area contributed by atoms with Crippen LogP contribution in [-0.4, -0.2) is 18.1 Å². The lowest BCUT2D eigenvalue weighted by atomic mass is 10.3. The number of aromatic nitrogens is 1. The summed E-state index contributed by atoms with van der Waals surface area (Å²) in [6.07, 6.45) is 1.09. The van der Waals surface area contributed by atoms with E-state index in [1.54, 1.807) is 0 Å². The fraction of sp³-hybridized carbons (Fsp3) is 0.444. The maximum absolute atomic E-state index is 5.36. The van der Waals surface area contributed by atoms with Gasteiger partial charge in [-0.3, -0.25) is 4.84 Å². The smallest absolute Gasteiger partial charge is 0.152 e. The minimum atomic E-state index is 0.815. The molecule has 1 aliphatic heterocycles. The molecule has 1 fully saturated rings. The molecule has 64 valence electrons. The largest absolute Gasteiger partial charge is 0.272 e. The summed E-state index contributed by atoms with van der Waals surface area (Å²) in [5.74, 6) is 0.924. The monoisotopic (exact) mass is 164 g/mol. The number of nitrogens with zero attached hydrogens (tertiary/aromatic N) is 2. The van der Waals surface area contributed by atoms with Gasteiger partial charge < -0.3 is 0 Å². The van der Waals surface area contributed by atoms with Crippen molar-refractivity contribution in [3.8, 4) is 0 Å². The van der Waals surface area contributed by atoms with Crippen LogP contribution in [0.3, 0.4) is 0 Å². The van der Waals surface area contributed by atoms with Crippen molar-refractivity contribution in [1.29, 1.82) is 0 Å². The first-order chi connectivity index (χ1) is 5.86. The van der Waals surface area contributed by atoms with E-state index in [9.17, 15) is 0 Å². The molecule has 3 nitrogen and oxygen atoms in total. The third kappa shape index (κ3) is 1.41. The van der Waals surface area contributed by atoms with Crippen molar-refractivity contribution in [2.24, 2.45) is 0 Å². The van der Waals surface area contributed by atoms with Gasteiger partial charge in [-0.2, -0.15) is 0 Å². The molecule has 1 saturated heterocycles. The van der Waals surface area contributed by atoms with E-state index < -0.39 is 0 Å². The van der Waals surface area contributed by atoms with Crippen molar-refractivity contribution >= 4 is 5.82 Å². The van der Waals surface area contributed by atoms with Crippen LogP contribution in [0.15, 0.2) is 18.2 Å². The molecule has 1 aliphatic rings. The summed E-state index contributed by atoms with van der Waals surface area (Å²) in [7, 11) is 0. The number of anilines is 1. The van der Waals surface area contributed by atoms with E-state index in [2.05, 4.69) is 4.98 Å².